The molecule has 0 aromatic rings. The second-order valence-electron chi connectivity index (χ2n) is 3.64. The fraction of sp³-hybridized carbons (Fsp3) is 0.500. The first-order valence-electron chi connectivity index (χ1n) is 4.61. The molecule has 0 amide bonds. The van der Waals surface area contributed by atoms with E-state index in [4.69, 9.17) is 34.4 Å². The molecule has 0 heterocycles. The number of rotatable bonds is 6. The highest BCUT2D eigenvalue weighted by molar-refractivity contribution is 5.31. The third-order valence-electron chi connectivity index (χ3n) is 2.42. The molecule has 0 aliphatic heterocycles. The highest BCUT2D eigenvalue weighted by atomic mass is 16.3. The standard InChI is InChI=1S/C8H20N8O/c1-15-4(9)3-7(13,14)8(17,5(10)11)6(12)16-2/h3,5-6,17H,1-2,9-14H2/b4-3+. The van der Waals surface area contributed by atoms with Crippen LogP contribution in [0.4, 0.5) is 0 Å². The summed E-state index contributed by atoms with van der Waals surface area (Å²) in [6.45, 7) is 6.35. The maximum atomic E-state index is 10.3. The molecule has 0 aliphatic carbocycles. The van der Waals surface area contributed by atoms with E-state index in [1.54, 1.807) is 0 Å². The van der Waals surface area contributed by atoms with Crippen LogP contribution < -0.4 is 34.4 Å². The van der Waals surface area contributed by atoms with E-state index >= 15 is 0 Å². The number of nitrogens with two attached hydrogens (primary N) is 6. The third kappa shape index (κ3) is 2.85. The van der Waals surface area contributed by atoms with Gasteiger partial charge in [0.25, 0.3) is 0 Å². The van der Waals surface area contributed by atoms with Crippen molar-refractivity contribution >= 4 is 13.4 Å². The zero-order valence-electron chi connectivity index (χ0n) is 9.45. The van der Waals surface area contributed by atoms with Crippen LogP contribution in [-0.4, -0.2) is 42.1 Å². The van der Waals surface area contributed by atoms with Gasteiger partial charge in [-0.1, -0.05) is 0 Å². The fourth-order valence-electron chi connectivity index (χ4n) is 1.29. The Hall–Kier alpha value is -1.36. The van der Waals surface area contributed by atoms with Gasteiger partial charge in [0.05, 0.1) is 6.17 Å². The molecule has 9 heteroatoms. The van der Waals surface area contributed by atoms with Crippen molar-refractivity contribution in [2.45, 2.75) is 23.6 Å². The lowest BCUT2D eigenvalue weighted by atomic mass is 9.83. The summed E-state index contributed by atoms with van der Waals surface area (Å²) < 4.78 is 0. The molecule has 2 atom stereocenters. The van der Waals surface area contributed by atoms with Gasteiger partial charge in [-0.3, -0.25) is 4.99 Å². The Morgan fingerprint density at radius 2 is 1.71 bits per heavy atom. The predicted molar refractivity (Wildman–Crippen MR) is 67.6 cm³/mol. The first-order chi connectivity index (χ1) is 7.63. The van der Waals surface area contributed by atoms with Crippen molar-refractivity contribution < 1.29 is 5.11 Å². The van der Waals surface area contributed by atoms with Crippen molar-refractivity contribution in [1.82, 2.24) is 0 Å². The van der Waals surface area contributed by atoms with E-state index in [-0.39, 0.29) is 5.82 Å². The van der Waals surface area contributed by atoms with Crippen LogP contribution in [0.1, 0.15) is 0 Å². The monoisotopic (exact) mass is 244 g/mol. The first-order valence-corrected chi connectivity index (χ1v) is 4.61. The summed E-state index contributed by atoms with van der Waals surface area (Å²) in [5.41, 5.74) is 29.1. The van der Waals surface area contributed by atoms with Crippen LogP contribution >= 0.6 is 0 Å². The number of aliphatic hydroxyl groups is 1. The van der Waals surface area contributed by atoms with Gasteiger partial charge in [-0.15, -0.1) is 0 Å². The van der Waals surface area contributed by atoms with Gasteiger partial charge < -0.3 is 39.5 Å². The number of hydrogen-bond acceptors (Lipinski definition) is 9. The number of nitrogens with zero attached hydrogens (tertiary/aromatic N) is 2. The van der Waals surface area contributed by atoms with Crippen LogP contribution in [-0.2, 0) is 0 Å². The zero-order valence-corrected chi connectivity index (χ0v) is 9.45. The topological polar surface area (TPSA) is 201 Å². The van der Waals surface area contributed by atoms with Crippen LogP contribution in [0.2, 0.25) is 0 Å². The molecule has 0 bridgehead atoms. The van der Waals surface area contributed by atoms with Crippen LogP contribution in [0, 0.1) is 0 Å². The second-order valence-corrected chi connectivity index (χ2v) is 3.64. The van der Waals surface area contributed by atoms with Crippen molar-refractivity contribution in [3.05, 3.63) is 11.9 Å². The summed E-state index contributed by atoms with van der Waals surface area (Å²) in [5.74, 6) is -0.106. The van der Waals surface area contributed by atoms with Gasteiger partial charge in [0.1, 0.15) is 17.6 Å². The Morgan fingerprint density at radius 3 is 2.00 bits per heavy atom. The van der Waals surface area contributed by atoms with Crippen molar-refractivity contribution in [2.75, 3.05) is 0 Å². The molecule has 13 N–H and O–H groups in total. The Balaban J connectivity index is 5.62. The minimum absolute atomic E-state index is 0.106. The normalized spacial score (nSPS) is 18.6. The number of aliphatic imine (C=N–C) groups is 2. The average molecular weight is 244 g/mol. The lowest BCUT2D eigenvalue weighted by Gasteiger charge is -2.44. The van der Waals surface area contributed by atoms with Crippen LogP contribution in [0.15, 0.2) is 21.9 Å². The van der Waals surface area contributed by atoms with E-state index in [0.29, 0.717) is 0 Å². The first kappa shape index (κ1) is 15.6. The SMILES string of the molecule is C=N/C(N)=C/C(N)(N)C(O)(C(N)N)C(N)N=C. The molecule has 0 aromatic carbocycles. The molecule has 0 aliphatic rings. The molecule has 0 spiro atoms. The summed E-state index contributed by atoms with van der Waals surface area (Å²) in [6, 6.07) is 0. The third-order valence-corrected chi connectivity index (χ3v) is 2.42. The van der Waals surface area contributed by atoms with Gasteiger partial charge in [-0.2, -0.15) is 0 Å². The van der Waals surface area contributed by atoms with E-state index in [2.05, 4.69) is 23.4 Å². The van der Waals surface area contributed by atoms with E-state index < -0.39 is 23.6 Å². The van der Waals surface area contributed by atoms with Crippen LogP contribution in [0.5, 0.6) is 0 Å². The van der Waals surface area contributed by atoms with E-state index in [9.17, 15) is 5.11 Å². The summed E-state index contributed by atoms with van der Waals surface area (Å²) in [6.07, 6.45) is -1.63. The molecule has 0 saturated heterocycles. The quantitative estimate of drug-likeness (QED) is 0.182. The molecule has 17 heavy (non-hydrogen) atoms. The summed E-state index contributed by atoms with van der Waals surface area (Å²) >= 11 is 0. The Bertz CT molecular complexity index is 325. The molecule has 0 aromatic heterocycles. The summed E-state index contributed by atoms with van der Waals surface area (Å²) in [4.78, 5) is 6.80. The molecule has 0 saturated carbocycles. The lowest BCUT2D eigenvalue weighted by Crippen LogP contribution is -2.79. The maximum Gasteiger partial charge on any atom is 0.162 e. The smallest absolute Gasteiger partial charge is 0.162 e. The van der Waals surface area contributed by atoms with Crippen LogP contribution in [0.25, 0.3) is 0 Å². The Kier molecular flexibility index (Phi) is 4.89. The van der Waals surface area contributed by atoms with Gasteiger partial charge >= 0.3 is 0 Å². The second kappa shape index (κ2) is 5.31. The zero-order chi connectivity index (χ0) is 13.9. The van der Waals surface area contributed by atoms with E-state index in [1.807, 2.05) is 0 Å². The van der Waals surface area contributed by atoms with Gasteiger partial charge in [0, 0.05) is 0 Å². The maximum absolute atomic E-state index is 10.3. The minimum Gasteiger partial charge on any atom is -0.384 e. The molecule has 0 fully saturated rings. The van der Waals surface area contributed by atoms with Gasteiger partial charge in [0.15, 0.2) is 5.60 Å². The van der Waals surface area contributed by atoms with Crippen molar-refractivity contribution in [3.63, 3.8) is 0 Å². The van der Waals surface area contributed by atoms with E-state index in [1.165, 1.54) is 0 Å². The molecule has 98 valence electrons. The van der Waals surface area contributed by atoms with Gasteiger partial charge in [-0.25, -0.2) is 4.99 Å². The molecule has 0 rings (SSSR count). The van der Waals surface area contributed by atoms with Crippen molar-refractivity contribution in [1.29, 1.82) is 0 Å². The molecule has 9 nitrogen and oxygen atoms in total. The summed E-state index contributed by atoms with van der Waals surface area (Å²) in [5, 5.41) is 10.3. The average Bonchev–Trinajstić information content (AvgIpc) is 2.25. The molecule has 2 unspecified atom stereocenters. The lowest BCUT2D eigenvalue weighted by molar-refractivity contribution is -0.0548. The Morgan fingerprint density at radius 1 is 1.24 bits per heavy atom. The van der Waals surface area contributed by atoms with E-state index in [0.717, 1.165) is 6.08 Å². The minimum atomic E-state index is -2.15. The molecular weight excluding hydrogens is 224 g/mol. The van der Waals surface area contributed by atoms with Gasteiger partial charge in [0.2, 0.25) is 0 Å². The Labute approximate surface area is 99.2 Å². The van der Waals surface area contributed by atoms with Crippen LogP contribution in [0.3, 0.4) is 0 Å². The van der Waals surface area contributed by atoms with Crippen molar-refractivity contribution in [3.8, 4) is 0 Å². The highest BCUT2D eigenvalue weighted by Gasteiger charge is 2.52. The molecular formula is C8H20N8O. The van der Waals surface area contributed by atoms with Gasteiger partial charge in [-0.05, 0) is 19.5 Å². The summed E-state index contributed by atoms with van der Waals surface area (Å²) in [7, 11) is 0. The largest absolute Gasteiger partial charge is 0.384 e. The van der Waals surface area contributed by atoms with Crippen molar-refractivity contribution in [2.24, 2.45) is 44.4 Å². The predicted octanol–water partition coefficient (Wildman–Crippen LogP) is -3.94. The molecule has 0 radical (unpaired) electrons. The highest BCUT2D eigenvalue weighted by Crippen LogP contribution is 2.23. The number of hydrogen-bond donors (Lipinski definition) is 7. The fourth-order valence-corrected chi connectivity index (χ4v) is 1.29.